The molecule has 1 aliphatic carbocycles. The zero-order chi connectivity index (χ0) is 24.0. The largest absolute Gasteiger partial charge is 0.507 e. The Labute approximate surface area is 213 Å². The molecule has 6 nitrogen and oxygen atoms in total. The van der Waals surface area contributed by atoms with Gasteiger partial charge in [0.05, 0.1) is 5.56 Å². The summed E-state index contributed by atoms with van der Waals surface area (Å²) >= 11 is 1.60. The first-order chi connectivity index (χ1) is 16.3. The van der Waals surface area contributed by atoms with E-state index < -0.39 is 11.6 Å². The van der Waals surface area contributed by atoms with Crippen molar-refractivity contribution in [2.24, 2.45) is 13.0 Å². The Balaban J connectivity index is 0.00000289. The van der Waals surface area contributed by atoms with Gasteiger partial charge in [0.2, 0.25) is 0 Å². The summed E-state index contributed by atoms with van der Waals surface area (Å²) < 4.78 is 28.6. The number of thioether (sulfide) groups is 1. The molecule has 1 saturated heterocycles. The van der Waals surface area contributed by atoms with E-state index in [9.17, 15) is 18.7 Å². The minimum atomic E-state index is -0.902. The number of fused-ring (bicyclic) bond motifs is 1. The molecule has 2 aromatic carbocycles. The highest BCUT2D eigenvalue weighted by Crippen LogP contribution is 2.59. The highest BCUT2D eigenvalue weighted by Gasteiger charge is 2.60. The normalized spacial score (nSPS) is 21.0. The topological polar surface area (TPSA) is 71.2 Å². The zero-order valence-electron chi connectivity index (χ0n) is 19.5. The Morgan fingerprint density at radius 3 is 2.74 bits per heavy atom. The predicted octanol–water partition coefficient (Wildman–Crippen LogP) is 4.85. The van der Waals surface area contributed by atoms with Gasteiger partial charge < -0.3 is 14.6 Å². The molecule has 0 radical (unpaired) electrons. The van der Waals surface area contributed by atoms with Gasteiger partial charge in [0.25, 0.3) is 0 Å². The number of benzene rings is 2. The van der Waals surface area contributed by atoms with E-state index in [1.807, 2.05) is 19.2 Å². The highest BCUT2D eigenvalue weighted by molar-refractivity contribution is 7.99. The first kappa shape index (κ1) is 25.6. The molecule has 1 aliphatic heterocycles. The Kier molecular flexibility index (Phi) is 7.22. The zero-order valence-corrected chi connectivity index (χ0v) is 21.1. The molecule has 2 heterocycles. The van der Waals surface area contributed by atoms with Crippen LogP contribution in [0.1, 0.15) is 35.7 Å². The van der Waals surface area contributed by atoms with Crippen molar-refractivity contribution < 1.29 is 18.7 Å². The lowest BCUT2D eigenvalue weighted by Crippen LogP contribution is -2.28. The molecule has 2 atom stereocenters. The number of rotatable bonds is 8. The number of piperidine rings is 1. The smallest absolute Gasteiger partial charge is 0.191 e. The van der Waals surface area contributed by atoms with Crippen LogP contribution >= 0.6 is 24.2 Å². The molecule has 2 fully saturated rings. The summed E-state index contributed by atoms with van der Waals surface area (Å²) in [7, 11) is 1.82. The van der Waals surface area contributed by atoms with E-state index in [0.29, 0.717) is 22.9 Å². The molecule has 1 saturated carbocycles. The van der Waals surface area contributed by atoms with Crippen molar-refractivity contribution in [2.75, 3.05) is 25.4 Å². The van der Waals surface area contributed by atoms with Crippen LogP contribution in [0.15, 0.2) is 41.6 Å². The van der Waals surface area contributed by atoms with Gasteiger partial charge in [0.1, 0.15) is 5.75 Å². The second kappa shape index (κ2) is 9.87. The van der Waals surface area contributed by atoms with Crippen LogP contribution in [-0.4, -0.2) is 55.9 Å². The molecule has 0 amide bonds. The van der Waals surface area contributed by atoms with Gasteiger partial charge in [-0.1, -0.05) is 17.8 Å². The van der Waals surface area contributed by atoms with Crippen molar-refractivity contribution in [3.8, 4) is 17.1 Å². The van der Waals surface area contributed by atoms with Crippen molar-refractivity contribution in [3.05, 3.63) is 59.2 Å². The standard InChI is InChI=1S/C25H26F2N4O2S.ClH/c1-15(32)19-11-17(5-7-22(19)33)25-12-18(25)13-31(14-25)8-3-9-34-24-29-28-23(30(24)2)16-4-6-20(26)21(27)10-16;/h4-7,10-11,18,33H,3,8-9,12-14H2,1-2H3;1H. The van der Waals surface area contributed by atoms with Gasteiger partial charge in [0, 0.05) is 36.9 Å². The Morgan fingerprint density at radius 1 is 1.20 bits per heavy atom. The molecule has 1 aromatic heterocycles. The van der Waals surface area contributed by atoms with Gasteiger partial charge in [-0.25, -0.2) is 8.78 Å². The summed E-state index contributed by atoms with van der Waals surface area (Å²) in [5.74, 6) is 0.117. The fourth-order valence-corrected chi connectivity index (χ4v) is 5.95. The average molecular weight is 521 g/mol. The molecule has 3 aromatic rings. The van der Waals surface area contributed by atoms with Crippen LogP contribution in [0.25, 0.3) is 11.4 Å². The minimum absolute atomic E-state index is 0. The first-order valence-electron chi connectivity index (χ1n) is 11.3. The summed E-state index contributed by atoms with van der Waals surface area (Å²) in [6.45, 7) is 4.47. The van der Waals surface area contributed by atoms with Crippen molar-refractivity contribution in [3.63, 3.8) is 0 Å². The quantitative estimate of drug-likeness (QED) is 0.260. The molecule has 0 spiro atoms. The number of hydrogen-bond donors (Lipinski definition) is 1. The van der Waals surface area contributed by atoms with E-state index in [4.69, 9.17) is 0 Å². The second-order valence-corrected chi connectivity index (χ2v) is 10.3. The predicted molar refractivity (Wildman–Crippen MR) is 133 cm³/mol. The molecule has 1 N–H and O–H groups in total. The maximum Gasteiger partial charge on any atom is 0.191 e. The third-order valence-electron chi connectivity index (χ3n) is 7.03. The van der Waals surface area contributed by atoms with Crippen molar-refractivity contribution in [1.29, 1.82) is 0 Å². The summed E-state index contributed by atoms with van der Waals surface area (Å²) in [5.41, 5.74) is 2.15. The summed E-state index contributed by atoms with van der Waals surface area (Å²) in [5, 5.41) is 19.1. The van der Waals surface area contributed by atoms with E-state index >= 15 is 0 Å². The molecule has 186 valence electrons. The van der Waals surface area contributed by atoms with Crippen molar-refractivity contribution >= 4 is 30.0 Å². The second-order valence-electron chi connectivity index (χ2n) is 9.28. The third-order valence-corrected chi connectivity index (χ3v) is 8.14. The number of carbonyl (C=O) groups is 1. The lowest BCUT2D eigenvalue weighted by atomic mass is 9.92. The number of phenolic OH excluding ortho intramolecular Hbond substituents is 1. The molecule has 0 bridgehead atoms. The lowest BCUT2D eigenvalue weighted by molar-refractivity contribution is 0.101. The molecule has 2 unspecified atom stereocenters. The number of aromatic nitrogens is 3. The number of likely N-dealkylation sites (tertiary alicyclic amines) is 1. The van der Waals surface area contributed by atoms with Crippen LogP contribution in [0, 0.1) is 17.6 Å². The van der Waals surface area contributed by atoms with Crippen LogP contribution in [-0.2, 0) is 12.5 Å². The molecule has 35 heavy (non-hydrogen) atoms. The van der Waals surface area contributed by atoms with Gasteiger partial charge in [-0.05, 0) is 68.1 Å². The molecule has 10 heteroatoms. The summed E-state index contributed by atoms with van der Waals surface area (Å²) in [6, 6.07) is 9.20. The Hall–Kier alpha value is -2.49. The minimum Gasteiger partial charge on any atom is -0.507 e. The molecule has 2 aliphatic rings. The monoisotopic (exact) mass is 520 g/mol. The van der Waals surface area contributed by atoms with Crippen LogP contribution in [0.5, 0.6) is 5.75 Å². The van der Waals surface area contributed by atoms with E-state index in [2.05, 4.69) is 15.1 Å². The number of phenols is 1. The van der Waals surface area contributed by atoms with Gasteiger partial charge in [-0.2, -0.15) is 0 Å². The van der Waals surface area contributed by atoms with Gasteiger partial charge in [-0.3, -0.25) is 4.79 Å². The van der Waals surface area contributed by atoms with Crippen LogP contribution in [0.3, 0.4) is 0 Å². The number of ketones is 1. The number of carbonyl (C=O) groups excluding carboxylic acids is 1. The SMILES string of the molecule is CC(=O)c1cc(C23CC2CN(CCCSc2nnc(-c4ccc(F)c(F)c4)n2C)C3)ccc1O.Cl. The fraction of sp³-hybridized carbons (Fsp3) is 0.400. The number of halogens is 3. The van der Waals surface area contributed by atoms with Crippen molar-refractivity contribution in [2.45, 2.75) is 30.3 Å². The van der Waals surface area contributed by atoms with Crippen LogP contribution in [0.4, 0.5) is 8.78 Å². The fourth-order valence-electron chi connectivity index (χ4n) is 5.11. The molecule has 5 rings (SSSR count). The maximum absolute atomic E-state index is 13.6. The summed E-state index contributed by atoms with van der Waals surface area (Å²) in [4.78, 5) is 14.3. The van der Waals surface area contributed by atoms with E-state index in [-0.39, 0.29) is 29.4 Å². The number of hydrogen-bond acceptors (Lipinski definition) is 6. The number of nitrogens with zero attached hydrogens (tertiary/aromatic N) is 4. The van der Waals surface area contributed by atoms with Gasteiger partial charge >= 0.3 is 0 Å². The van der Waals surface area contributed by atoms with Crippen LogP contribution in [0.2, 0.25) is 0 Å². The maximum atomic E-state index is 13.6. The van der Waals surface area contributed by atoms with Crippen molar-refractivity contribution in [1.82, 2.24) is 19.7 Å². The van der Waals surface area contributed by atoms with Gasteiger partial charge in [-0.15, -0.1) is 22.6 Å². The Morgan fingerprint density at radius 2 is 2.00 bits per heavy atom. The van der Waals surface area contributed by atoms with E-state index in [1.54, 1.807) is 22.4 Å². The summed E-state index contributed by atoms with van der Waals surface area (Å²) in [6.07, 6.45) is 2.11. The Bertz CT molecular complexity index is 1270. The number of Topliss-reactive ketones (excluding diaryl/α,β-unsaturated/α-hetero) is 1. The average Bonchev–Trinajstić information content (AvgIpc) is 3.18. The van der Waals surface area contributed by atoms with Crippen LogP contribution < -0.4 is 0 Å². The lowest BCUT2D eigenvalue weighted by Gasteiger charge is -2.21. The number of aromatic hydroxyl groups is 1. The van der Waals surface area contributed by atoms with E-state index in [1.165, 1.54) is 13.0 Å². The first-order valence-corrected chi connectivity index (χ1v) is 12.3. The van der Waals surface area contributed by atoms with E-state index in [0.717, 1.165) is 61.1 Å². The molecular formula is C25H27ClF2N4O2S. The van der Waals surface area contributed by atoms with Gasteiger partial charge in [0.15, 0.2) is 28.4 Å². The molecular weight excluding hydrogens is 494 g/mol. The highest BCUT2D eigenvalue weighted by atomic mass is 35.5. The third kappa shape index (κ3) is 4.81.